The van der Waals surface area contributed by atoms with Gasteiger partial charge in [0.25, 0.3) is 0 Å². The fourth-order valence-corrected chi connectivity index (χ4v) is 4.67. The first-order valence-corrected chi connectivity index (χ1v) is 12.3. The number of carbonyl (C=O) groups is 1. The number of fused-ring (bicyclic) bond motifs is 1. The molecule has 184 valence electrons. The second kappa shape index (κ2) is 9.91. The first-order valence-electron chi connectivity index (χ1n) is 12.3. The Balaban J connectivity index is 1.38. The van der Waals surface area contributed by atoms with Crippen molar-refractivity contribution in [1.29, 1.82) is 0 Å². The summed E-state index contributed by atoms with van der Waals surface area (Å²) in [7, 11) is 2.17. The Morgan fingerprint density at radius 3 is 2.60 bits per heavy atom. The van der Waals surface area contributed by atoms with Crippen molar-refractivity contribution in [2.45, 2.75) is 25.9 Å². The predicted molar refractivity (Wildman–Crippen MR) is 139 cm³/mol. The van der Waals surface area contributed by atoms with Crippen molar-refractivity contribution in [2.24, 2.45) is 0 Å². The Morgan fingerprint density at radius 2 is 1.89 bits per heavy atom. The van der Waals surface area contributed by atoms with Crippen LogP contribution in [0.5, 0.6) is 0 Å². The van der Waals surface area contributed by atoms with Crippen molar-refractivity contribution in [3.8, 4) is 0 Å². The van der Waals surface area contributed by atoms with E-state index in [9.17, 15) is 4.79 Å². The molecule has 2 saturated heterocycles. The average molecular weight is 476 g/mol. The lowest BCUT2D eigenvalue weighted by molar-refractivity contribution is -0.117. The lowest BCUT2D eigenvalue weighted by Crippen LogP contribution is -2.44. The van der Waals surface area contributed by atoms with Crippen LogP contribution >= 0.6 is 0 Å². The van der Waals surface area contributed by atoms with Gasteiger partial charge in [-0.1, -0.05) is 6.58 Å². The Bertz CT molecular complexity index is 1200. The van der Waals surface area contributed by atoms with Gasteiger partial charge in [0, 0.05) is 63.2 Å². The van der Waals surface area contributed by atoms with E-state index >= 15 is 0 Å². The van der Waals surface area contributed by atoms with Crippen molar-refractivity contribution in [2.75, 3.05) is 61.4 Å². The van der Waals surface area contributed by atoms with E-state index in [2.05, 4.69) is 75.1 Å². The molecule has 4 heterocycles. The smallest absolute Gasteiger partial charge is 0.243 e. The summed E-state index contributed by atoms with van der Waals surface area (Å²) in [4.78, 5) is 32.9. The highest BCUT2D eigenvalue weighted by molar-refractivity contribution is 5.88. The van der Waals surface area contributed by atoms with E-state index in [4.69, 9.17) is 9.97 Å². The third-order valence-corrected chi connectivity index (χ3v) is 6.79. The number of likely N-dealkylation sites (N-methyl/N-ethyl adjacent to an activating group) is 1. The van der Waals surface area contributed by atoms with Gasteiger partial charge in [-0.25, -0.2) is 4.98 Å². The fraction of sp³-hybridized carbons (Fsp3) is 0.440. The number of hydrogen-bond acceptors (Lipinski definition) is 8. The van der Waals surface area contributed by atoms with Gasteiger partial charge in [-0.05, 0) is 50.7 Å². The van der Waals surface area contributed by atoms with Gasteiger partial charge in [0.1, 0.15) is 0 Å². The van der Waals surface area contributed by atoms with Gasteiger partial charge in [0.05, 0.1) is 6.33 Å². The normalized spacial score (nSPS) is 18.7. The highest BCUT2D eigenvalue weighted by Gasteiger charge is 2.27. The number of amides is 1. The molecule has 3 aromatic rings. The van der Waals surface area contributed by atoms with Gasteiger partial charge < -0.3 is 29.9 Å². The van der Waals surface area contributed by atoms with Gasteiger partial charge in [0.2, 0.25) is 11.9 Å². The fourth-order valence-electron chi connectivity index (χ4n) is 4.67. The van der Waals surface area contributed by atoms with E-state index < -0.39 is 0 Å². The molecule has 1 atom stereocenters. The first kappa shape index (κ1) is 23.1. The Kier molecular flexibility index (Phi) is 6.54. The number of imidazole rings is 1. The third kappa shape index (κ3) is 4.93. The largest absolute Gasteiger partial charge is 0.369 e. The maximum atomic E-state index is 11.7. The number of aryl methyl sites for hydroxylation is 1. The minimum absolute atomic E-state index is 0.0504. The highest BCUT2D eigenvalue weighted by atomic mass is 16.1. The van der Waals surface area contributed by atoms with Gasteiger partial charge in [0.15, 0.2) is 17.0 Å². The SMILES string of the molecule is C=CC(=O)NC1CCN(c2nc(Nc3ccc(N4CCN(C)CC4)cc3)c3ncn(CC)c3n2)C1. The van der Waals surface area contributed by atoms with Crippen molar-refractivity contribution in [3.05, 3.63) is 43.2 Å². The monoisotopic (exact) mass is 475 g/mol. The molecule has 1 aromatic carbocycles. The van der Waals surface area contributed by atoms with Crippen LogP contribution in [0.15, 0.2) is 43.2 Å². The topological polar surface area (TPSA) is 94.5 Å². The van der Waals surface area contributed by atoms with Crippen molar-refractivity contribution in [1.82, 2.24) is 29.7 Å². The molecule has 35 heavy (non-hydrogen) atoms. The van der Waals surface area contributed by atoms with Crippen LogP contribution in [0.4, 0.5) is 23.1 Å². The zero-order valence-corrected chi connectivity index (χ0v) is 20.4. The summed E-state index contributed by atoms with van der Waals surface area (Å²) in [6, 6.07) is 8.55. The molecule has 0 radical (unpaired) electrons. The zero-order chi connectivity index (χ0) is 24.4. The number of carbonyl (C=O) groups excluding carboxylic acids is 1. The number of nitrogens with one attached hydrogen (secondary N) is 2. The molecular formula is C25H33N9O. The number of nitrogens with zero attached hydrogens (tertiary/aromatic N) is 7. The summed E-state index contributed by atoms with van der Waals surface area (Å²) in [6.07, 6.45) is 3.95. The molecule has 1 amide bonds. The van der Waals surface area contributed by atoms with E-state index in [1.165, 1.54) is 11.8 Å². The van der Waals surface area contributed by atoms with Crippen molar-refractivity contribution in [3.63, 3.8) is 0 Å². The van der Waals surface area contributed by atoms with Gasteiger partial charge in [-0.3, -0.25) is 4.79 Å². The lowest BCUT2D eigenvalue weighted by Gasteiger charge is -2.34. The molecule has 2 fully saturated rings. The molecule has 0 aliphatic carbocycles. The number of piperazine rings is 1. The summed E-state index contributed by atoms with van der Waals surface area (Å²) < 4.78 is 2.02. The summed E-state index contributed by atoms with van der Waals surface area (Å²) in [5.74, 6) is 1.17. The predicted octanol–water partition coefficient (Wildman–Crippen LogP) is 2.22. The molecule has 0 bridgehead atoms. The van der Waals surface area contributed by atoms with E-state index in [1.54, 1.807) is 0 Å². The maximum absolute atomic E-state index is 11.7. The zero-order valence-electron chi connectivity index (χ0n) is 20.4. The molecular weight excluding hydrogens is 442 g/mol. The highest BCUT2D eigenvalue weighted by Crippen LogP contribution is 2.28. The van der Waals surface area contributed by atoms with Crippen LogP contribution < -0.4 is 20.4 Å². The standard InChI is InChI=1S/C25H33N9O/c1-4-21(35)27-19-10-11-34(16-19)25-29-23(22-24(30-25)32(5-2)17-26-22)28-18-6-8-20(9-7-18)33-14-12-31(3)13-15-33/h4,6-9,17,19H,1,5,10-16H2,2-3H3,(H,27,35)(H,28,29,30). The van der Waals surface area contributed by atoms with Crippen LogP contribution in [0.25, 0.3) is 11.2 Å². The molecule has 0 spiro atoms. The van der Waals surface area contributed by atoms with E-state index in [0.29, 0.717) is 18.3 Å². The minimum Gasteiger partial charge on any atom is -0.369 e. The van der Waals surface area contributed by atoms with Crippen molar-refractivity contribution >= 4 is 40.2 Å². The van der Waals surface area contributed by atoms with Gasteiger partial charge in [-0.2, -0.15) is 9.97 Å². The molecule has 2 aliphatic rings. The first-order chi connectivity index (χ1) is 17.0. The third-order valence-electron chi connectivity index (χ3n) is 6.79. The van der Waals surface area contributed by atoms with Crippen LogP contribution in [0.2, 0.25) is 0 Å². The van der Waals surface area contributed by atoms with Crippen LogP contribution in [0.1, 0.15) is 13.3 Å². The molecule has 2 aliphatic heterocycles. The van der Waals surface area contributed by atoms with E-state index in [1.807, 2.05) is 10.9 Å². The summed E-state index contributed by atoms with van der Waals surface area (Å²) in [5, 5.41) is 6.45. The number of hydrogen-bond donors (Lipinski definition) is 2. The van der Waals surface area contributed by atoms with Gasteiger partial charge in [-0.15, -0.1) is 0 Å². The molecule has 2 N–H and O–H groups in total. The quantitative estimate of drug-likeness (QED) is 0.503. The number of anilines is 4. The average Bonchev–Trinajstić information content (AvgIpc) is 3.52. The Labute approximate surface area is 205 Å². The Hall–Kier alpha value is -3.66. The molecule has 10 nitrogen and oxygen atoms in total. The summed E-state index contributed by atoms with van der Waals surface area (Å²) in [5.41, 5.74) is 3.73. The number of benzene rings is 1. The van der Waals surface area contributed by atoms with Crippen LogP contribution in [-0.2, 0) is 11.3 Å². The summed E-state index contributed by atoms with van der Waals surface area (Å²) in [6.45, 7) is 12.0. The number of aromatic nitrogens is 4. The number of rotatable bonds is 7. The van der Waals surface area contributed by atoms with Crippen LogP contribution in [-0.4, -0.2) is 82.7 Å². The molecule has 0 saturated carbocycles. The second-order valence-corrected chi connectivity index (χ2v) is 9.18. The van der Waals surface area contributed by atoms with Gasteiger partial charge >= 0.3 is 0 Å². The Morgan fingerprint density at radius 1 is 1.11 bits per heavy atom. The van der Waals surface area contributed by atoms with Crippen molar-refractivity contribution < 1.29 is 4.79 Å². The summed E-state index contributed by atoms with van der Waals surface area (Å²) >= 11 is 0. The van der Waals surface area contributed by atoms with E-state index in [-0.39, 0.29) is 11.9 Å². The minimum atomic E-state index is -0.153. The second-order valence-electron chi connectivity index (χ2n) is 9.18. The molecule has 2 aromatic heterocycles. The lowest BCUT2D eigenvalue weighted by atomic mass is 10.2. The van der Waals surface area contributed by atoms with Crippen LogP contribution in [0, 0.1) is 0 Å². The van der Waals surface area contributed by atoms with E-state index in [0.717, 1.165) is 62.5 Å². The van der Waals surface area contributed by atoms with Crippen LogP contribution in [0.3, 0.4) is 0 Å². The molecule has 5 rings (SSSR count). The molecule has 1 unspecified atom stereocenters. The molecule has 10 heteroatoms. The maximum Gasteiger partial charge on any atom is 0.243 e.